The van der Waals surface area contributed by atoms with Crippen molar-refractivity contribution in [3.8, 4) is 29.1 Å². The molecule has 8 atom stereocenters. The molecule has 3 aliphatic carbocycles. The summed E-state index contributed by atoms with van der Waals surface area (Å²) in [6.07, 6.45) is 13.1. The summed E-state index contributed by atoms with van der Waals surface area (Å²) in [6.45, 7) is 2.17. The standard InChI is InChI=1S/C69H79N3O8S2/c1-43(74)30-49(48-16-17-51(40-73)56-19-13-45(31-52(56)34-48)11-10-44-6-3-2-4-7-44)22-26-69-27-23-55(75)18-12-46-15-21-64(77)67(33-46)80-29-25-47-14-20-63(76)61(32-47)60-37-65(78)57-24-28-72-62(57)9-5-8-50-35-59(68(70)71)53(36-58(50)60)41-81-82-42-54(38-69)66(79)39-69/h2-4,6-7,13-15,19-21,23-24,27-28,31-33,35-36,43,48-49,51,54,60,66,68,72-74,76-77,79H,9-12,16-18,22,25-26,29-30,34,37-42,70-71H2,1H3/b27-23+/t43-,48+,49-,51-,54-,60-,66+,69+/m0/s1. The molecule has 10 rings (SSSR count). The van der Waals surface area contributed by atoms with Gasteiger partial charge in [-0.25, -0.2) is 0 Å². The smallest absolute Gasteiger partial charge is 0.165 e. The first-order valence-electron chi connectivity index (χ1n) is 29.4. The average molecular weight is 1140 g/mol. The number of aromatic nitrogens is 1. The third-order valence-corrected chi connectivity index (χ3v) is 20.4. The Morgan fingerprint density at radius 2 is 1.62 bits per heavy atom. The predicted molar refractivity (Wildman–Crippen MR) is 328 cm³/mol. The molecule has 0 spiro atoms. The molecule has 10 N–H and O–H groups in total. The number of nitrogens with two attached hydrogens (primary N) is 2. The fourth-order valence-corrected chi connectivity index (χ4v) is 16.0. The zero-order chi connectivity index (χ0) is 57.3. The summed E-state index contributed by atoms with van der Waals surface area (Å²) in [4.78, 5) is 31.5. The van der Waals surface area contributed by atoms with Gasteiger partial charge in [0.05, 0.1) is 31.4 Å². The second-order valence-corrected chi connectivity index (χ2v) is 26.3. The van der Waals surface area contributed by atoms with Gasteiger partial charge in [-0.2, -0.15) is 0 Å². The summed E-state index contributed by atoms with van der Waals surface area (Å²) in [7, 11) is 3.35. The number of ether oxygens (including phenoxy) is 1. The number of aromatic amines is 1. The van der Waals surface area contributed by atoms with E-state index < -0.39 is 29.7 Å². The lowest BCUT2D eigenvalue weighted by Gasteiger charge is -2.33. The third-order valence-electron chi connectivity index (χ3n) is 18.0. The highest BCUT2D eigenvalue weighted by atomic mass is 33.1. The predicted octanol–water partition coefficient (Wildman–Crippen LogP) is 11.7. The largest absolute Gasteiger partial charge is 0.508 e. The van der Waals surface area contributed by atoms with Crippen molar-refractivity contribution in [1.82, 2.24) is 4.98 Å². The number of aliphatic hydroxyl groups excluding tert-OH is 3. The van der Waals surface area contributed by atoms with Gasteiger partial charge in [0, 0.05) is 77.8 Å². The number of hydrogen-bond donors (Lipinski definition) is 8. The average Bonchev–Trinajstić information content (AvgIpc) is 4.17. The van der Waals surface area contributed by atoms with Gasteiger partial charge in [-0.1, -0.05) is 112 Å². The van der Waals surface area contributed by atoms with Crippen LogP contribution < -0.4 is 16.2 Å². The van der Waals surface area contributed by atoms with Crippen LogP contribution in [0, 0.1) is 35.0 Å². The minimum atomic E-state index is -0.818. The van der Waals surface area contributed by atoms with Crippen molar-refractivity contribution >= 4 is 33.2 Å². The van der Waals surface area contributed by atoms with Gasteiger partial charge in [0.15, 0.2) is 23.1 Å². The van der Waals surface area contributed by atoms with Gasteiger partial charge in [-0.3, -0.25) is 9.59 Å². The summed E-state index contributed by atoms with van der Waals surface area (Å²) in [5.41, 5.74) is 24.4. The van der Waals surface area contributed by atoms with Crippen LogP contribution in [0.25, 0.3) is 0 Å². The Labute approximate surface area is 491 Å². The zero-order valence-electron chi connectivity index (χ0n) is 47.0. The molecule has 1 aliphatic heterocycles. The summed E-state index contributed by atoms with van der Waals surface area (Å²) < 4.78 is 6.22. The number of Topliss-reactive ketones (excluding diaryl/α,β-unsaturated/α-hetero) is 1. The number of carbonyl (C=O) groups excluding carboxylic acids is 2. The van der Waals surface area contributed by atoms with Gasteiger partial charge in [-0.15, -0.1) is 0 Å². The molecule has 0 unspecified atom stereocenters. The highest BCUT2D eigenvalue weighted by Crippen LogP contribution is 2.51. The minimum Gasteiger partial charge on any atom is -0.508 e. The van der Waals surface area contributed by atoms with Crippen LogP contribution in [0.4, 0.5) is 0 Å². The van der Waals surface area contributed by atoms with E-state index >= 15 is 0 Å². The Morgan fingerprint density at radius 1 is 0.817 bits per heavy atom. The summed E-state index contributed by atoms with van der Waals surface area (Å²) in [5, 5.41) is 56.6. The molecule has 82 heavy (non-hydrogen) atoms. The minimum absolute atomic E-state index is 0.0145. The van der Waals surface area contributed by atoms with E-state index in [-0.39, 0.29) is 72.8 Å². The summed E-state index contributed by atoms with van der Waals surface area (Å²) in [6, 6.07) is 33.8. The molecule has 13 heteroatoms. The van der Waals surface area contributed by atoms with Crippen LogP contribution in [0.1, 0.15) is 160 Å². The van der Waals surface area contributed by atoms with Crippen molar-refractivity contribution in [3.63, 3.8) is 0 Å². The van der Waals surface area contributed by atoms with Crippen molar-refractivity contribution in [3.05, 3.63) is 194 Å². The van der Waals surface area contributed by atoms with Gasteiger partial charge in [0.1, 0.15) is 5.75 Å². The molecule has 430 valence electrons. The number of carbonyl (C=O) groups is 2. The Hall–Kier alpha value is -6.08. The third kappa shape index (κ3) is 14.5. The van der Waals surface area contributed by atoms with Crippen LogP contribution >= 0.6 is 21.6 Å². The Balaban J connectivity index is 0.944. The highest BCUT2D eigenvalue weighted by molar-refractivity contribution is 8.76. The number of H-pyrrole nitrogens is 1. The zero-order valence-corrected chi connectivity index (χ0v) is 48.7. The van der Waals surface area contributed by atoms with E-state index in [2.05, 4.69) is 71.4 Å². The van der Waals surface area contributed by atoms with E-state index in [9.17, 15) is 35.1 Å². The molecule has 1 aromatic heterocycles. The van der Waals surface area contributed by atoms with Crippen molar-refractivity contribution in [2.75, 3.05) is 19.0 Å². The Bertz CT molecular complexity index is 3310. The first-order valence-corrected chi connectivity index (χ1v) is 31.9. The van der Waals surface area contributed by atoms with Crippen LogP contribution in [-0.2, 0) is 49.1 Å². The van der Waals surface area contributed by atoms with E-state index in [0.29, 0.717) is 72.5 Å². The van der Waals surface area contributed by atoms with E-state index in [1.807, 2.05) is 37.3 Å². The number of aromatic hydroxyl groups is 2. The molecule has 6 aromatic rings. The number of fused-ring (bicyclic) bond motifs is 10. The number of nitrogens with one attached hydrogen (secondary N) is 1. The maximum absolute atomic E-state index is 14.3. The van der Waals surface area contributed by atoms with Crippen molar-refractivity contribution in [2.45, 2.75) is 139 Å². The molecular formula is C69H79N3O8S2. The number of aliphatic hydroxyl groups is 3. The van der Waals surface area contributed by atoms with Crippen LogP contribution in [0.5, 0.6) is 17.2 Å². The lowest BCUT2D eigenvalue weighted by molar-refractivity contribution is -0.114. The number of benzene rings is 5. The van der Waals surface area contributed by atoms with Crippen LogP contribution in [0.2, 0.25) is 0 Å². The molecule has 0 amide bonds. The second-order valence-electron chi connectivity index (χ2n) is 23.8. The number of phenols is 2. The highest BCUT2D eigenvalue weighted by Gasteiger charge is 2.44. The van der Waals surface area contributed by atoms with Crippen LogP contribution in [-0.4, -0.2) is 73.3 Å². The summed E-state index contributed by atoms with van der Waals surface area (Å²) >= 11 is 0. The van der Waals surface area contributed by atoms with Gasteiger partial charge >= 0.3 is 0 Å². The quantitative estimate of drug-likeness (QED) is 0.0264. The number of phenolic OH excluding ortho intramolecular Hbond substituents is 2. The lowest BCUT2D eigenvalue weighted by atomic mass is 9.73. The number of ketones is 2. The maximum atomic E-state index is 14.3. The molecule has 11 nitrogen and oxygen atoms in total. The van der Waals surface area contributed by atoms with E-state index in [4.69, 9.17) is 16.2 Å². The number of aryl methyl sites for hydroxylation is 3. The SMILES string of the molecule is C[C@H](O)C[C@H](CC[C@@]12/C=C/C(=O)CCc3ccc(O)c(c3)OCCc3ccc(O)c(c3)[C@H]3CC(=O)c4cc[nH]c4CC#Cc4cc(C(N)N)c(cc43)CSSC[C@H](C1)[C@H](O)C2)[C@@H]1CC[C@@H](CO)c2ccc(CCc3ccccc3)cc2C1. The Morgan fingerprint density at radius 3 is 2.43 bits per heavy atom. The maximum Gasteiger partial charge on any atom is 0.165 e. The molecule has 8 bridgehead atoms. The van der Waals surface area contributed by atoms with Crippen molar-refractivity contribution < 1.29 is 39.9 Å². The first kappa shape index (κ1) is 59.1. The molecule has 4 aliphatic rings. The van der Waals surface area contributed by atoms with Gasteiger partial charge < -0.3 is 46.7 Å². The molecule has 0 saturated heterocycles. The van der Waals surface area contributed by atoms with E-state index in [1.165, 1.54) is 22.3 Å². The molecule has 1 fully saturated rings. The van der Waals surface area contributed by atoms with E-state index in [0.717, 1.165) is 78.5 Å². The number of allylic oxidation sites excluding steroid dienone is 2. The molecule has 1 saturated carbocycles. The van der Waals surface area contributed by atoms with Crippen molar-refractivity contribution in [1.29, 1.82) is 0 Å². The molecule has 2 heterocycles. The van der Waals surface area contributed by atoms with Gasteiger partial charge in [0.2, 0.25) is 0 Å². The topological polar surface area (TPSA) is 212 Å². The van der Waals surface area contributed by atoms with Gasteiger partial charge in [0.25, 0.3) is 0 Å². The first-order chi connectivity index (χ1) is 39.7. The monoisotopic (exact) mass is 1140 g/mol. The number of hydrogen-bond acceptors (Lipinski definition) is 12. The second kappa shape index (κ2) is 27.1. The van der Waals surface area contributed by atoms with Crippen LogP contribution in [0.3, 0.4) is 0 Å². The molecular weight excluding hydrogens is 1060 g/mol. The molecule has 0 radical (unpaired) electrons. The van der Waals surface area contributed by atoms with Gasteiger partial charge in [-0.05, 0) is 187 Å². The van der Waals surface area contributed by atoms with Crippen LogP contribution in [0.15, 0.2) is 121 Å². The van der Waals surface area contributed by atoms with E-state index in [1.54, 1.807) is 58.1 Å². The lowest BCUT2D eigenvalue weighted by Crippen LogP contribution is -2.25. The normalized spacial score (nSPS) is 23.6. The van der Waals surface area contributed by atoms with Crippen molar-refractivity contribution in [2.24, 2.45) is 34.6 Å². The Kier molecular flexibility index (Phi) is 19.5. The summed E-state index contributed by atoms with van der Waals surface area (Å²) in [5.74, 6) is 7.93. The fourth-order valence-electron chi connectivity index (χ4n) is 13.5. The fraction of sp³-hybridized carbons (Fsp3) is 0.420. The number of rotatable bonds is 11. The molecule has 5 aromatic carbocycles.